The summed E-state index contributed by atoms with van der Waals surface area (Å²) in [5.41, 5.74) is -1.56. The second-order valence-electron chi connectivity index (χ2n) is 7.70. The zero-order valence-electron chi connectivity index (χ0n) is 17.0. The lowest BCUT2D eigenvalue weighted by molar-refractivity contribution is 0.000140. The minimum absolute atomic E-state index is 0.151. The molecule has 0 saturated carbocycles. The van der Waals surface area contributed by atoms with E-state index in [1.165, 1.54) is 18.7 Å². The summed E-state index contributed by atoms with van der Waals surface area (Å²) in [5, 5.41) is 0. The van der Waals surface area contributed by atoms with Gasteiger partial charge < -0.3 is 9.64 Å². The molecule has 1 spiro atoms. The molecular weight excluding hydrogens is 398 g/mol. The van der Waals surface area contributed by atoms with Crippen molar-refractivity contribution < 1.29 is 14.3 Å². The number of rotatable bonds is 3. The van der Waals surface area contributed by atoms with Gasteiger partial charge in [0.15, 0.2) is 0 Å². The third-order valence-electron chi connectivity index (χ3n) is 6.02. The van der Waals surface area contributed by atoms with Crippen LogP contribution in [0.1, 0.15) is 31.8 Å². The van der Waals surface area contributed by atoms with E-state index in [0.29, 0.717) is 12.0 Å². The van der Waals surface area contributed by atoms with Crippen molar-refractivity contribution in [1.29, 1.82) is 0 Å². The number of carbonyl (C=O) groups excluding carboxylic acids is 2. The van der Waals surface area contributed by atoms with E-state index >= 15 is 0 Å². The topological polar surface area (TPSA) is 90.6 Å². The van der Waals surface area contributed by atoms with Crippen molar-refractivity contribution in [2.75, 3.05) is 11.4 Å². The average molecular weight is 417 g/mol. The number of hydrogen-bond donors (Lipinski definition) is 0. The van der Waals surface area contributed by atoms with Crippen LogP contribution in [0.15, 0.2) is 64.2 Å². The SMILES string of the molecule is Cn1c2c(c(=O)n(C)c1=O)C(=O)C1(OC(=O)c3ccccc31)N2CCc1ccccc1. The molecule has 0 saturated heterocycles. The van der Waals surface area contributed by atoms with E-state index in [-0.39, 0.29) is 23.5 Å². The molecule has 0 bridgehead atoms. The summed E-state index contributed by atoms with van der Waals surface area (Å²) < 4.78 is 7.90. The van der Waals surface area contributed by atoms with Crippen molar-refractivity contribution >= 4 is 17.6 Å². The Kier molecular flexibility index (Phi) is 4.01. The molecule has 2 aromatic carbocycles. The number of Topliss-reactive ketones (excluding diaryl/α,β-unsaturated/α-hetero) is 1. The minimum Gasteiger partial charge on any atom is -0.423 e. The van der Waals surface area contributed by atoms with Crippen LogP contribution in [0.2, 0.25) is 0 Å². The lowest BCUT2D eigenvalue weighted by Crippen LogP contribution is -2.49. The Morgan fingerprint density at radius 1 is 0.871 bits per heavy atom. The fourth-order valence-electron chi connectivity index (χ4n) is 4.51. The molecule has 3 aromatic rings. The van der Waals surface area contributed by atoms with E-state index in [1.54, 1.807) is 29.2 Å². The maximum atomic E-state index is 13.7. The molecular formula is C23H19N3O5. The molecule has 31 heavy (non-hydrogen) atoms. The smallest absolute Gasteiger partial charge is 0.341 e. The Morgan fingerprint density at radius 2 is 1.55 bits per heavy atom. The molecule has 0 fully saturated rings. The number of ether oxygens (including phenoxy) is 1. The first kappa shape index (κ1) is 19.0. The zero-order valence-corrected chi connectivity index (χ0v) is 17.0. The first-order chi connectivity index (χ1) is 14.9. The van der Waals surface area contributed by atoms with Crippen LogP contribution in [0.5, 0.6) is 0 Å². The Morgan fingerprint density at radius 3 is 2.29 bits per heavy atom. The van der Waals surface area contributed by atoms with Crippen LogP contribution in [0, 0.1) is 0 Å². The summed E-state index contributed by atoms with van der Waals surface area (Å²) in [6.07, 6.45) is 0.512. The van der Waals surface area contributed by atoms with E-state index in [0.717, 1.165) is 10.1 Å². The highest BCUT2D eigenvalue weighted by atomic mass is 16.6. The van der Waals surface area contributed by atoms with E-state index in [9.17, 15) is 19.2 Å². The molecule has 0 N–H and O–H groups in total. The fourth-order valence-corrected chi connectivity index (χ4v) is 4.51. The molecule has 8 heteroatoms. The second-order valence-corrected chi connectivity index (χ2v) is 7.70. The summed E-state index contributed by atoms with van der Waals surface area (Å²) in [6.45, 7) is 0.255. The van der Waals surface area contributed by atoms with Crippen molar-refractivity contribution in [3.8, 4) is 0 Å². The lowest BCUT2D eigenvalue weighted by atomic mass is 9.95. The standard InChI is InChI=1S/C23H19N3O5/c1-24-19-17(20(28)25(2)22(24)30)18(27)23(16-11-7-6-10-15(16)21(29)31-23)26(19)13-12-14-8-4-3-5-9-14/h3-11H,12-13H2,1-2H3. The van der Waals surface area contributed by atoms with E-state index in [4.69, 9.17) is 4.74 Å². The molecule has 156 valence electrons. The average Bonchev–Trinajstić information content (AvgIpc) is 3.22. The molecule has 0 aliphatic carbocycles. The van der Waals surface area contributed by atoms with Gasteiger partial charge in [0.1, 0.15) is 11.4 Å². The predicted molar refractivity (Wildman–Crippen MR) is 112 cm³/mol. The van der Waals surface area contributed by atoms with Gasteiger partial charge in [-0.2, -0.15) is 0 Å². The van der Waals surface area contributed by atoms with Crippen LogP contribution < -0.4 is 16.1 Å². The maximum absolute atomic E-state index is 13.7. The summed E-state index contributed by atoms with van der Waals surface area (Å²) in [7, 11) is 2.83. The highest BCUT2D eigenvalue weighted by Gasteiger charge is 2.62. The molecule has 2 aliphatic rings. The van der Waals surface area contributed by atoms with Crippen LogP contribution in [-0.2, 0) is 31.0 Å². The van der Waals surface area contributed by atoms with Gasteiger partial charge in [-0.25, -0.2) is 9.59 Å². The number of hydrogen-bond acceptors (Lipinski definition) is 6. The van der Waals surface area contributed by atoms with Crippen LogP contribution in [-0.4, -0.2) is 27.4 Å². The molecule has 0 amide bonds. The molecule has 8 nitrogen and oxygen atoms in total. The Labute approximate surface area is 176 Å². The molecule has 2 aliphatic heterocycles. The van der Waals surface area contributed by atoms with Gasteiger partial charge in [-0.05, 0) is 18.1 Å². The Balaban J connectivity index is 1.77. The van der Waals surface area contributed by atoms with Crippen LogP contribution in [0.25, 0.3) is 0 Å². The van der Waals surface area contributed by atoms with Gasteiger partial charge in [0.05, 0.1) is 5.56 Å². The monoisotopic (exact) mass is 417 g/mol. The molecule has 0 radical (unpaired) electrons. The summed E-state index contributed by atoms with van der Waals surface area (Å²) in [5.74, 6) is -1.10. The quantitative estimate of drug-likeness (QED) is 0.598. The number of carbonyl (C=O) groups is 2. The van der Waals surface area contributed by atoms with Gasteiger partial charge in [0.2, 0.25) is 5.78 Å². The third-order valence-corrected chi connectivity index (χ3v) is 6.02. The summed E-state index contributed by atoms with van der Waals surface area (Å²) in [6, 6.07) is 16.3. The molecule has 1 atom stereocenters. The molecule has 5 rings (SSSR count). The number of benzene rings is 2. The van der Waals surface area contributed by atoms with E-state index < -0.39 is 28.7 Å². The summed E-state index contributed by atoms with van der Waals surface area (Å²) >= 11 is 0. The maximum Gasteiger partial charge on any atom is 0.341 e. The van der Waals surface area contributed by atoms with Gasteiger partial charge in [0.25, 0.3) is 11.3 Å². The van der Waals surface area contributed by atoms with Crippen molar-refractivity contribution in [3.05, 3.63) is 97.7 Å². The number of ketones is 1. The van der Waals surface area contributed by atoms with Crippen LogP contribution in [0.4, 0.5) is 5.82 Å². The summed E-state index contributed by atoms with van der Waals surface area (Å²) in [4.78, 5) is 53.6. The minimum atomic E-state index is -1.80. The van der Waals surface area contributed by atoms with Crippen molar-refractivity contribution in [3.63, 3.8) is 0 Å². The second kappa shape index (κ2) is 6.53. The van der Waals surface area contributed by atoms with Crippen LogP contribution >= 0.6 is 0 Å². The van der Waals surface area contributed by atoms with Crippen LogP contribution in [0.3, 0.4) is 0 Å². The Hall–Kier alpha value is -3.94. The predicted octanol–water partition coefficient (Wildman–Crippen LogP) is 1.35. The zero-order chi connectivity index (χ0) is 21.9. The van der Waals surface area contributed by atoms with Crippen molar-refractivity contribution in [2.24, 2.45) is 14.1 Å². The largest absolute Gasteiger partial charge is 0.423 e. The first-order valence-corrected chi connectivity index (χ1v) is 9.87. The van der Waals surface area contributed by atoms with Crippen molar-refractivity contribution in [2.45, 2.75) is 12.1 Å². The van der Waals surface area contributed by atoms with Gasteiger partial charge in [0, 0.05) is 26.2 Å². The number of nitrogens with zero attached hydrogens (tertiary/aromatic N) is 3. The highest BCUT2D eigenvalue weighted by molar-refractivity contribution is 6.16. The van der Waals surface area contributed by atoms with Gasteiger partial charge in [-0.15, -0.1) is 0 Å². The normalized spacial score (nSPS) is 19.0. The van der Waals surface area contributed by atoms with Gasteiger partial charge in [-0.3, -0.25) is 18.7 Å². The number of anilines is 1. The third kappa shape index (κ3) is 2.41. The fraction of sp³-hybridized carbons (Fsp3) is 0.217. The molecule has 1 unspecified atom stereocenters. The van der Waals surface area contributed by atoms with E-state index in [2.05, 4.69) is 0 Å². The van der Waals surface area contributed by atoms with E-state index in [1.807, 2.05) is 30.3 Å². The number of fused-ring (bicyclic) bond motifs is 3. The van der Waals surface area contributed by atoms with Crippen molar-refractivity contribution in [1.82, 2.24) is 9.13 Å². The first-order valence-electron chi connectivity index (χ1n) is 9.87. The van der Waals surface area contributed by atoms with Gasteiger partial charge in [-0.1, -0.05) is 48.5 Å². The number of esters is 1. The molecule has 3 heterocycles. The Bertz CT molecular complexity index is 1370. The highest BCUT2D eigenvalue weighted by Crippen LogP contribution is 2.48. The lowest BCUT2D eigenvalue weighted by Gasteiger charge is -2.34. The number of aromatic nitrogens is 2. The molecule has 1 aromatic heterocycles. The van der Waals surface area contributed by atoms with Gasteiger partial charge >= 0.3 is 11.7 Å².